The van der Waals surface area contributed by atoms with Gasteiger partial charge in [0, 0.05) is 30.5 Å². The molecule has 1 aliphatic rings. The molecular weight excluding hydrogens is 268 g/mol. The summed E-state index contributed by atoms with van der Waals surface area (Å²) in [5.41, 5.74) is 7.01. The van der Waals surface area contributed by atoms with E-state index in [1.54, 1.807) is 18.2 Å². The van der Waals surface area contributed by atoms with Crippen molar-refractivity contribution in [3.63, 3.8) is 0 Å². The molecule has 0 aromatic heterocycles. The number of amides is 1. The molecule has 4 N–H and O–H groups in total. The zero-order valence-electron chi connectivity index (χ0n) is 12.6. The van der Waals surface area contributed by atoms with Gasteiger partial charge in [0.15, 0.2) is 0 Å². The fraction of sp³-hybridized carbons (Fsp3) is 0.533. The van der Waals surface area contributed by atoms with E-state index in [0.717, 1.165) is 6.54 Å². The predicted molar refractivity (Wildman–Crippen MR) is 84.0 cm³/mol. The van der Waals surface area contributed by atoms with Crippen molar-refractivity contribution in [3.05, 3.63) is 24.3 Å². The Hall–Kier alpha value is -1.63. The molecule has 0 radical (unpaired) electrons. The minimum Gasteiger partial charge on any atom is -0.399 e. The molecule has 6 heteroatoms. The molecule has 0 saturated carbocycles. The first kappa shape index (κ1) is 15.8. The zero-order valence-corrected chi connectivity index (χ0v) is 12.6. The monoisotopic (exact) mass is 292 g/mol. The Labute approximate surface area is 125 Å². The molecule has 0 spiro atoms. The first-order valence-electron chi connectivity index (χ1n) is 7.16. The molecule has 1 fully saturated rings. The van der Waals surface area contributed by atoms with Gasteiger partial charge in [-0.1, -0.05) is 6.07 Å². The van der Waals surface area contributed by atoms with Gasteiger partial charge in [0.25, 0.3) is 0 Å². The standard InChI is InChI=1S/C15H24N4O2/c1-18(2)8-13-7-14(20)9-19(13)10-15(21)17-12-5-3-4-11(16)6-12/h3-6,13-14,20H,7-10,16H2,1-2H3,(H,17,21). The van der Waals surface area contributed by atoms with E-state index in [-0.39, 0.29) is 24.6 Å². The van der Waals surface area contributed by atoms with Crippen LogP contribution >= 0.6 is 0 Å². The van der Waals surface area contributed by atoms with Gasteiger partial charge in [-0.2, -0.15) is 0 Å². The van der Waals surface area contributed by atoms with E-state index in [4.69, 9.17) is 5.73 Å². The molecule has 116 valence electrons. The first-order chi connectivity index (χ1) is 9.94. The lowest BCUT2D eigenvalue weighted by molar-refractivity contribution is -0.117. The minimum absolute atomic E-state index is 0.0848. The molecule has 1 amide bonds. The van der Waals surface area contributed by atoms with E-state index < -0.39 is 0 Å². The summed E-state index contributed by atoms with van der Waals surface area (Å²) in [6.45, 7) is 1.66. The van der Waals surface area contributed by atoms with E-state index in [9.17, 15) is 9.90 Å². The lowest BCUT2D eigenvalue weighted by Gasteiger charge is -2.26. The summed E-state index contributed by atoms with van der Waals surface area (Å²) in [4.78, 5) is 16.2. The Bertz CT molecular complexity index is 492. The maximum atomic E-state index is 12.1. The summed E-state index contributed by atoms with van der Waals surface area (Å²) >= 11 is 0. The van der Waals surface area contributed by atoms with Crippen LogP contribution in [0.1, 0.15) is 6.42 Å². The number of carbonyl (C=O) groups excluding carboxylic acids is 1. The van der Waals surface area contributed by atoms with E-state index in [2.05, 4.69) is 10.2 Å². The number of likely N-dealkylation sites (tertiary alicyclic amines) is 1. The normalized spacial score (nSPS) is 22.7. The first-order valence-corrected chi connectivity index (χ1v) is 7.16. The van der Waals surface area contributed by atoms with Crippen molar-refractivity contribution in [2.45, 2.75) is 18.6 Å². The van der Waals surface area contributed by atoms with E-state index >= 15 is 0 Å². The van der Waals surface area contributed by atoms with Gasteiger partial charge in [0.05, 0.1) is 12.6 Å². The lowest BCUT2D eigenvalue weighted by atomic mass is 10.2. The highest BCUT2D eigenvalue weighted by molar-refractivity contribution is 5.92. The Kier molecular flexibility index (Phi) is 5.17. The quantitative estimate of drug-likeness (QED) is 0.676. The van der Waals surface area contributed by atoms with Gasteiger partial charge in [-0.3, -0.25) is 9.69 Å². The number of aliphatic hydroxyl groups is 1. The van der Waals surface area contributed by atoms with Crippen molar-refractivity contribution in [2.75, 3.05) is 44.8 Å². The third kappa shape index (κ3) is 4.70. The Balaban J connectivity index is 1.91. The molecular formula is C15H24N4O2. The number of nitrogens with one attached hydrogen (secondary N) is 1. The van der Waals surface area contributed by atoms with Crippen LogP contribution in [0, 0.1) is 0 Å². The van der Waals surface area contributed by atoms with Crippen LogP contribution in [0.25, 0.3) is 0 Å². The number of nitrogens with zero attached hydrogens (tertiary/aromatic N) is 2. The second kappa shape index (κ2) is 6.89. The van der Waals surface area contributed by atoms with Crippen LogP contribution in [0.5, 0.6) is 0 Å². The number of anilines is 2. The van der Waals surface area contributed by atoms with Gasteiger partial charge in [-0.25, -0.2) is 0 Å². The van der Waals surface area contributed by atoms with Gasteiger partial charge >= 0.3 is 0 Å². The van der Waals surface area contributed by atoms with E-state index in [0.29, 0.717) is 24.3 Å². The van der Waals surface area contributed by atoms with Crippen LogP contribution in [-0.4, -0.2) is 66.7 Å². The summed E-state index contributed by atoms with van der Waals surface area (Å²) in [6.07, 6.45) is 0.360. The maximum Gasteiger partial charge on any atom is 0.238 e. The smallest absolute Gasteiger partial charge is 0.238 e. The van der Waals surface area contributed by atoms with Crippen LogP contribution < -0.4 is 11.1 Å². The maximum absolute atomic E-state index is 12.1. The van der Waals surface area contributed by atoms with Crippen molar-refractivity contribution in [3.8, 4) is 0 Å². The minimum atomic E-state index is -0.352. The fourth-order valence-electron chi connectivity index (χ4n) is 2.76. The summed E-state index contributed by atoms with van der Waals surface area (Å²) in [5, 5.41) is 12.7. The molecule has 1 saturated heterocycles. The number of nitrogens with two attached hydrogens (primary N) is 1. The zero-order chi connectivity index (χ0) is 15.4. The highest BCUT2D eigenvalue weighted by Crippen LogP contribution is 2.18. The number of hydrogen-bond acceptors (Lipinski definition) is 5. The molecule has 2 atom stereocenters. The topological polar surface area (TPSA) is 81.8 Å². The van der Waals surface area contributed by atoms with Crippen LogP contribution in [0.4, 0.5) is 11.4 Å². The van der Waals surface area contributed by atoms with E-state index in [1.807, 2.05) is 25.1 Å². The largest absolute Gasteiger partial charge is 0.399 e. The second-order valence-corrected chi connectivity index (χ2v) is 5.91. The Morgan fingerprint density at radius 3 is 2.95 bits per heavy atom. The van der Waals surface area contributed by atoms with Crippen molar-refractivity contribution in [1.29, 1.82) is 0 Å². The van der Waals surface area contributed by atoms with Gasteiger partial charge in [0.1, 0.15) is 0 Å². The molecule has 0 bridgehead atoms. The lowest BCUT2D eigenvalue weighted by Crippen LogP contribution is -2.41. The number of aliphatic hydroxyl groups excluding tert-OH is 1. The van der Waals surface area contributed by atoms with Crippen molar-refractivity contribution < 1.29 is 9.90 Å². The Morgan fingerprint density at radius 1 is 1.52 bits per heavy atom. The molecule has 1 heterocycles. The number of nitrogen functional groups attached to an aromatic ring is 1. The SMILES string of the molecule is CN(C)CC1CC(O)CN1CC(=O)Nc1cccc(N)c1. The van der Waals surface area contributed by atoms with Gasteiger partial charge < -0.3 is 21.1 Å². The van der Waals surface area contributed by atoms with Crippen molar-refractivity contribution >= 4 is 17.3 Å². The Morgan fingerprint density at radius 2 is 2.29 bits per heavy atom. The molecule has 0 aliphatic carbocycles. The van der Waals surface area contributed by atoms with Gasteiger partial charge in [0.2, 0.25) is 5.91 Å². The number of rotatable bonds is 5. The van der Waals surface area contributed by atoms with E-state index in [1.165, 1.54) is 0 Å². The number of benzene rings is 1. The van der Waals surface area contributed by atoms with Crippen LogP contribution in [0.3, 0.4) is 0 Å². The number of carbonyl (C=O) groups is 1. The number of hydrogen-bond donors (Lipinski definition) is 3. The third-order valence-electron chi connectivity index (χ3n) is 3.60. The molecule has 21 heavy (non-hydrogen) atoms. The van der Waals surface area contributed by atoms with Crippen LogP contribution in [0.15, 0.2) is 24.3 Å². The third-order valence-corrected chi connectivity index (χ3v) is 3.60. The number of β-amino-alcohol motifs (C(OH)–C–C–N with tert-alkyl or cyclic N) is 1. The van der Waals surface area contributed by atoms with Gasteiger partial charge in [-0.05, 0) is 38.7 Å². The fourth-order valence-corrected chi connectivity index (χ4v) is 2.76. The van der Waals surface area contributed by atoms with Crippen molar-refractivity contribution in [2.24, 2.45) is 0 Å². The molecule has 6 nitrogen and oxygen atoms in total. The summed E-state index contributed by atoms with van der Waals surface area (Å²) in [5.74, 6) is -0.0848. The summed E-state index contributed by atoms with van der Waals surface area (Å²) < 4.78 is 0. The molecule has 1 aromatic carbocycles. The predicted octanol–water partition coefficient (Wildman–Crippen LogP) is 0.204. The van der Waals surface area contributed by atoms with Crippen LogP contribution in [-0.2, 0) is 4.79 Å². The van der Waals surface area contributed by atoms with Crippen molar-refractivity contribution in [1.82, 2.24) is 9.80 Å². The molecule has 1 aromatic rings. The highest BCUT2D eigenvalue weighted by Gasteiger charge is 2.32. The average molecular weight is 292 g/mol. The van der Waals surface area contributed by atoms with Crippen LogP contribution in [0.2, 0.25) is 0 Å². The average Bonchev–Trinajstić information content (AvgIpc) is 2.68. The summed E-state index contributed by atoms with van der Waals surface area (Å²) in [6, 6.07) is 7.33. The molecule has 1 aliphatic heterocycles. The highest BCUT2D eigenvalue weighted by atomic mass is 16.3. The summed E-state index contributed by atoms with van der Waals surface area (Å²) in [7, 11) is 3.99. The second-order valence-electron chi connectivity index (χ2n) is 5.91. The molecule has 2 rings (SSSR count). The van der Waals surface area contributed by atoms with Gasteiger partial charge in [-0.15, -0.1) is 0 Å². The molecule has 2 unspecified atom stereocenters. The number of likely N-dealkylation sites (N-methyl/N-ethyl adjacent to an activating group) is 1.